The van der Waals surface area contributed by atoms with E-state index in [1.165, 1.54) is 13.2 Å². The van der Waals surface area contributed by atoms with E-state index in [1.54, 1.807) is 36.4 Å². The summed E-state index contributed by atoms with van der Waals surface area (Å²) in [6.45, 7) is 2.21. The molecule has 35 heavy (non-hydrogen) atoms. The van der Waals surface area contributed by atoms with Gasteiger partial charge in [0.25, 0.3) is 11.8 Å². The molecule has 1 heterocycles. The number of amides is 4. The van der Waals surface area contributed by atoms with E-state index >= 15 is 0 Å². The van der Waals surface area contributed by atoms with Crippen LogP contribution in [0.5, 0.6) is 11.5 Å². The fourth-order valence-corrected chi connectivity index (χ4v) is 3.96. The molecule has 1 fully saturated rings. The summed E-state index contributed by atoms with van der Waals surface area (Å²) in [5.41, 5.74) is 2.52. The van der Waals surface area contributed by atoms with Gasteiger partial charge in [0.2, 0.25) is 0 Å². The van der Waals surface area contributed by atoms with Gasteiger partial charge in [0.15, 0.2) is 11.5 Å². The third-order valence-corrected chi connectivity index (χ3v) is 5.73. The maximum Gasteiger partial charge on any atom is 0.335 e. The molecule has 0 spiro atoms. The number of anilines is 1. The van der Waals surface area contributed by atoms with E-state index in [9.17, 15) is 14.4 Å². The first kappa shape index (κ1) is 24.0. The molecule has 0 bridgehead atoms. The molecule has 4 rings (SSSR count). The molecular formula is C27H23ClN2O5. The number of benzene rings is 3. The smallest absolute Gasteiger partial charge is 0.335 e. The SMILES string of the molecule is CCc1ccccc1N1C(=O)NC(=O)/C(=C/c2ccc(OCc3cccc(Cl)c3)c(OC)c2)C1=O. The van der Waals surface area contributed by atoms with Crippen molar-refractivity contribution in [2.75, 3.05) is 12.0 Å². The molecule has 3 aromatic carbocycles. The van der Waals surface area contributed by atoms with Gasteiger partial charge in [0, 0.05) is 5.02 Å². The molecule has 8 heteroatoms. The molecule has 1 aliphatic heterocycles. The molecular weight excluding hydrogens is 468 g/mol. The third kappa shape index (κ3) is 5.20. The molecule has 0 radical (unpaired) electrons. The van der Waals surface area contributed by atoms with Gasteiger partial charge in [-0.25, -0.2) is 9.69 Å². The Hall–Kier alpha value is -4.10. The summed E-state index contributed by atoms with van der Waals surface area (Å²) in [6, 6.07) is 18.7. The van der Waals surface area contributed by atoms with Crippen molar-refractivity contribution in [3.05, 3.63) is 94.0 Å². The van der Waals surface area contributed by atoms with Gasteiger partial charge in [-0.2, -0.15) is 0 Å². The van der Waals surface area contributed by atoms with Gasteiger partial charge in [-0.05, 0) is 59.5 Å². The zero-order valence-corrected chi connectivity index (χ0v) is 20.0. The number of ether oxygens (including phenoxy) is 2. The van der Waals surface area contributed by atoms with E-state index in [-0.39, 0.29) is 12.2 Å². The fourth-order valence-electron chi connectivity index (χ4n) is 3.75. The number of rotatable bonds is 7. The summed E-state index contributed by atoms with van der Waals surface area (Å²) in [6.07, 6.45) is 2.04. The van der Waals surface area contributed by atoms with Gasteiger partial charge < -0.3 is 9.47 Å². The van der Waals surface area contributed by atoms with Crippen molar-refractivity contribution in [1.82, 2.24) is 5.32 Å². The largest absolute Gasteiger partial charge is 0.493 e. The number of carbonyl (C=O) groups excluding carboxylic acids is 3. The number of hydrogen-bond donors (Lipinski definition) is 1. The highest BCUT2D eigenvalue weighted by atomic mass is 35.5. The highest BCUT2D eigenvalue weighted by Crippen LogP contribution is 2.31. The number of carbonyl (C=O) groups is 3. The van der Waals surface area contributed by atoms with Crippen LogP contribution in [0.3, 0.4) is 0 Å². The normalized spacial score (nSPS) is 14.8. The summed E-state index contributed by atoms with van der Waals surface area (Å²) in [5, 5.41) is 2.87. The van der Waals surface area contributed by atoms with Crippen LogP contribution in [0.25, 0.3) is 6.08 Å². The number of nitrogens with zero attached hydrogens (tertiary/aromatic N) is 1. The number of methoxy groups -OCH3 is 1. The Balaban J connectivity index is 1.61. The van der Waals surface area contributed by atoms with Gasteiger partial charge >= 0.3 is 6.03 Å². The van der Waals surface area contributed by atoms with Crippen LogP contribution in [0, 0.1) is 0 Å². The minimum atomic E-state index is -0.777. The molecule has 0 atom stereocenters. The number of halogens is 1. The number of hydrogen-bond acceptors (Lipinski definition) is 5. The number of para-hydroxylation sites is 1. The van der Waals surface area contributed by atoms with E-state index in [4.69, 9.17) is 21.1 Å². The molecule has 0 unspecified atom stereocenters. The monoisotopic (exact) mass is 490 g/mol. The highest BCUT2D eigenvalue weighted by Gasteiger charge is 2.37. The maximum atomic E-state index is 13.2. The lowest BCUT2D eigenvalue weighted by atomic mass is 10.0. The van der Waals surface area contributed by atoms with Crippen molar-refractivity contribution in [3.63, 3.8) is 0 Å². The minimum absolute atomic E-state index is 0.162. The number of imide groups is 2. The van der Waals surface area contributed by atoms with Crippen LogP contribution >= 0.6 is 11.6 Å². The van der Waals surface area contributed by atoms with E-state index in [1.807, 2.05) is 37.3 Å². The van der Waals surface area contributed by atoms with Gasteiger partial charge in [0.1, 0.15) is 12.2 Å². The number of aryl methyl sites for hydroxylation is 1. The van der Waals surface area contributed by atoms with Crippen LogP contribution in [-0.4, -0.2) is 25.0 Å². The highest BCUT2D eigenvalue weighted by molar-refractivity contribution is 6.39. The second-order valence-electron chi connectivity index (χ2n) is 7.77. The van der Waals surface area contributed by atoms with Crippen LogP contribution in [-0.2, 0) is 22.6 Å². The van der Waals surface area contributed by atoms with Gasteiger partial charge in [-0.1, -0.05) is 54.9 Å². The zero-order valence-electron chi connectivity index (χ0n) is 19.2. The van der Waals surface area contributed by atoms with E-state index < -0.39 is 17.8 Å². The van der Waals surface area contributed by atoms with E-state index in [0.717, 1.165) is 16.0 Å². The molecule has 1 saturated heterocycles. The van der Waals surface area contributed by atoms with Gasteiger partial charge in [-0.3, -0.25) is 14.9 Å². The molecule has 0 saturated carbocycles. The van der Waals surface area contributed by atoms with Crippen LogP contribution in [0.1, 0.15) is 23.6 Å². The van der Waals surface area contributed by atoms with Crippen molar-refractivity contribution in [2.24, 2.45) is 0 Å². The number of barbiturate groups is 1. The van der Waals surface area contributed by atoms with E-state index in [0.29, 0.717) is 34.2 Å². The van der Waals surface area contributed by atoms with Crippen LogP contribution < -0.4 is 19.7 Å². The Labute approximate surface area is 207 Å². The average Bonchev–Trinajstić information content (AvgIpc) is 2.85. The first-order chi connectivity index (χ1) is 16.9. The summed E-state index contributed by atoms with van der Waals surface area (Å²) in [7, 11) is 1.50. The lowest BCUT2D eigenvalue weighted by Gasteiger charge is -2.28. The van der Waals surface area contributed by atoms with Crippen LogP contribution in [0.2, 0.25) is 5.02 Å². The Morgan fingerprint density at radius 1 is 0.971 bits per heavy atom. The first-order valence-electron chi connectivity index (χ1n) is 11.0. The molecule has 178 valence electrons. The summed E-state index contributed by atoms with van der Waals surface area (Å²) >= 11 is 6.03. The van der Waals surface area contributed by atoms with Gasteiger partial charge in [0.05, 0.1) is 12.8 Å². The van der Waals surface area contributed by atoms with Crippen LogP contribution in [0.15, 0.2) is 72.3 Å². The molecule has 4 amide bonds. The van der Waals surface area contributed by atoms with Gasteiger partial charge in [-0.15, -0.1) is 0 Å². The van der Waals surface area contributed by atoms with Crippen molar-refractivity contribution in [2.45, 2.75) is 20.0 Å². The Kier molecular flexibility index (Phi) is 7.17. The van der Waals surface area contributed by atoms with Crippen molar-refractivity contribution in [3.8, 4) is 11.5 Å². The Bertz CT molecular complexity index is 1330. The lowest BCUT2D eigenvalue weighted by Crippen LogP contribution is -2.54. The molecule has 3 aromatic rings. The quantitative estimate of drug-likeness (QED) is 0.365. The molecule has 1 N–H and O–H groups in total. The summed E-state index contributed by atoms with van der Waals surface area (Å²) in [5.74, 6) is -0.539. The molecule has 0 aliphatic carbocycles. The minimum Gasteiger partial charge on any atom is -0.493 e. The standard InChI is InChI=1S/C27H23ClN2O5/c1-3-19-8-4-5-10-22(19)30-26(32)21(25(31)29-27(30)33)14-17-11-12-23(24(15-17)34-2)35-16-18-7-6-9-20(28)13-18/h4-15H,3,16H2,1-2H3,(H,29,31,33)/b21-14-. The van der Waals surface area contributed by atoms with Crippen molar-refractivity contribution < 1.29 is 23.9 Å². The zero-order chi connectivity index (χ0) is 24.9. The maximum absolute atomic E-state index is 13.2. The molecule has 7 nitrogen and oxygen atoms in total. The lowest BCUT2D eigenvalue weighted by molar-refractivity contribution is -0.122. The van der Waals surface area contributed by atoms with Crippen molar-refractivity contribution >= 4 is 41.2 Å². The Morgan fingerprint density at radius 2 is 1.77 bits per heavy atom. The number of urea groups is 1. The van der Waals surface area contributed by atoms with E-state index in [2.05, 4.69) is 5.32 Å². The second-order valence-corrected chi connectivity index (χ2v) is 8.21. The fraction of sp³-hybridized carbons (Fsp3) is 0.148. The second kappa shape index (κ2) is 10.4. The number of nitrogens with one attached hydrogen (secondary N) is 1. The topological polar surface area (TPSA) is 84.9 Å². The average molecular weight is 491 g/mol. The Morgan fingerprint density at radius 3 is 2.51 bits per heavy atom. The summed E-state index contributed by atoms with van der Waals surface area (Å²) < 4.78 is 11.3. The summed E-state index contributed by atoms with van der Waals surface area (Å²) in [4.78, 5) is 39.3. The third-order valence-electron chi connectivity index (χ3n) is 5.50. The van der Waals surface area contributed by atoms with Crippen molar-refractivity contribution in [1.29, 1.82) is 0 Å². The first-order valence-corrected chi connectivity index (χ1v) is 11.3. The molecule has 1 aliphatic rings. The van der Waals surface area contributed by atoms with Crippen LogP contribution in [0.4, 0.5) is 10.5 Å². The molecule has 0 aromatic heterocycles. The predicted octanol–water partition coefficient (Wildman–Crippen LogP) is 5.16. The predicted molar refractivity (Wildman–Crippen MR) is 134 cm³/mol.